The molecule has 0 aliphatic rings. The third-order valence-corrected chi connectivity index (χ3v) is 4.07. The van der Waals surface area contributed by atoms with Gasteiger partial charge in [0.1, 0.15) is 0 Å². The molecule has 2 heterocycles. The second kappa shape index (κ2) is 7.26. The zero-order chi connectivity index (χ0) is 20.5. The molecule has 3 aromatic rings. The molecule has 1 aromatic carbocycles. The Labute approximate surface area is 158 Å². The maximum absolute atomic E-state index is 12.7. The normalized spacial score (nSPS) is 11.3. The van der Waals surface area contributed by atoms with Crippen LogP contribution in [0, 0.1) is 6.92 Å². The van der Waals surface area contributed by atoms with Crippen molar-refractivity contribution < 1.29 is 22.8 Å². The number of benzene rings is 1. The van der Waals surface area contributed by atoms with Crippen LogP contribution < -0.4 is 5.32 Å². The molecule has 0 fully saturated rings. The van der Waals surface area contributed by atoms with Gasteiger partial charge in [-0.2, -0.15) is 18.3 Å². The molecule has 0 aliphatic carbocycles. The minimum absolute atomic E-state index is 0.131. The maximum atomic E-state index is 12.7. The standard InChI is InChI=1S/C19H15F3N4O2/c1-11-16(18(28)25-15-5-3-4-13(8-15)12(2)27)10-24-26(11)17-7-6-14(9-23-17)19(20,21)22/h3-10H,1-2H3,(H,25,28). The molecule has 1 N–H and O–H groups in total. The monoisotopic (exact) mass is 388 g/mol. The summed E-state index contributed by atoms with van der Waals surface area (Å²) in [7, 11) is 0. The van der Waals surface area contributed by atoms with Gasteiger partial charge in [0.2, 0.25) is 0 Å². The van der Waals surface area contributed by atoms with Crippen molar-refractivity contribution in [2.45, 2.75) is 20.0 Å². The van der Waals surface area contributed by atoms with Crippen molar-refractivity contribution in [3.05, 3.63) is 71.2 Å². The number of hydrogen-bond acceptors (Lipinski definition) is 4. The number of hydrogen-bond donors (Lipinski definition) is 1. The van der Waals surface area contributed by atoms with Crippen molar-refractivity contribution in [1.29, 1.82) is 0 Å². The first-order valence-corrected chi connectivity index (χ1v) is 8.17. The van der Waals surface area contributed by atoms with Crippen LogP contribution >= 0.6 is 0 Å². The Morgan fingerprint density at radius 2 is 1.86 bits per heavy atom. The van der Waals surface area contributed by atoms with E-state index >= 15 is 0 Å². The van der Waals surface area contributed by atoms with E-state index in [2.05, 4.69) is 15.4 Å². The van der Waals surface area contributed by atoms with Crippen molar-refractivity contribution in [3.63, 3.8) is 0 Å². The van der Waals surface area contributed by atoms with Gasteiger partial charge in [0.05, 0.1) is 23.0 Å². The van der Waals surface area contributed by atoms with Gasteiger partial charge in [-0.25, -0.2) is 9.67 Å². The first-order chi connectivity index (χ1) is 13.2. The third-order valence-electron chi connectivity index (χ3n) is 4.07. The lowest BCUT2D eigenvalue weighted by atomic mass is 10.1. The predicted octanol–water partition coefficient (Wildman–Crippen LogP) is 4.05. The van der Waals surface area contributed by atoms with Crippen LogP contribution in [-0.2, 0) is 6.18 Å². The van der Waals surface area contributed by atoms with E-state index in [1.54, 1.807) is 31.2 Å². The van der Waals surface area contributed by atoms with E-state index in [0.29, 0.717) is 23.1 Å². The number of alkyl halides is 3. The maximum Gasteiger partial charge on any atom is 0.417 e. The van der Waals surface area contributed by atoms with Crippen LogP contribution in [0.25, 0.3) is 5.82 Å². The van der Waals surface area contributed by atoms with Gasteiger partial charge < -0.3 is 5.32 Å². The van der Waals surface area contributed by atoms with E-state index in [1.807, 2.05) is 0 Å². The van der Waals surface area contributed by atoms with Crippen LogP contribution in [0.5, 0.6) is 0 Å². The van der Waals surface area contributed by atoms with E-state index in [-0.39, 0.29) is 17.2 Å². The van der Waals surface area contributed by atoms with Crippen LogP contribution in [-0.4, -0.2) is 26.5 Å². The van der Waals surface area contributed by atoms with Crippen LogP contribution in [0.15, 0.2) is 48.8 Å². The van der Waals surface area contributed by atoms with Gasteiger partial charge in [-0.1, -0.05) is 12.1 Å². The summed E-state index contributed by atoms with van der Waals surface area (Å²) in [5, 5.41) is 6.72. The average molecular weight is 388 g/mol. The summed E-state index contributed by atoms with van der Waals surface area (Å²) in [6, 6.07) is 8.56. The summed E-state index contributed by atoms with van der Waals surface area (Å²) in [6.45, 7) is 3.03. The second-order valence-electron chi connectivity index (χ2n) is 6.05. The number of Topliss-reactive ketones (excluding diaryl/α,β-unsaturated/α-hetero) is 1. The highest BCUT2D eigenvalue weighted by atomic mass is 19.4. The molecule has 0 spiro atoms. The van der Waals surface area contributed by atoms with Crippen molar-refractivity contribution in [2.75, 3.05) is 5.32 Å². The highest BCUT2D eigenvalue weighted by Gasteiger charge is 2.30. The van der Waals surface area contributed by atoms with Crippen LogP contribution in [0.1, 0.15) is 38.9 Å². The van der Waals surface area contributed by atoms with Gasteiger partial charge in [0.15, 0.2) is 11.6 Å². The van der Waals surface area contributed by atoms with Gasteiger partial charge in [-0.15, -0.1) is 0 Å². The second-order valence-corrected chi connectivity index (χ2v) is 6.05. The first kappa shape index (κ1) is 19.3. The molecular weight excluding hydrogens is 373 g/mol. The molecule has 144 valence electrons. The van der Waals surface area contributed by atoms with Crippen molar-refractivity contribution in [1.82, 2.24) is 14.8 Å². The number of halogens is 3. The fourth-order valence-corrected chi connectivity index (χ4v) is 2.56. The number of nitrogens with zero attached hydrogens (tertiary/aromatic N) is 3. The van der Waals surface area contributed by atoms with Crippen molar-refractivity contribution >= 4 is 17.4 Å². The average Bonchev–Trinajstić information content (AvgIpc) is 3.03. The Bertz CT molecular complexity index is 1040. The van der Waals surface area contributed by atoms with Gasteiger partial charge >= 0.3 is 6.18 Å². The van der Waals surface area contributed by atoms with E-state index in [0.717, 1.165) is 6.07 Å². The number of carbonyl (C=O) groups excluding carboxylic acids is 2. The fourth-order valence-electron chi connectivity index (χ4n) is 2.56. The lowest BCUT2D eigenvalue weighted by Crippen LogP contribution is -2.14. The van der Waals surface area contributed by atoms with Crippen molar-refractivity contribution in [3.8, 4) is 5.82 Å². The number of ketones is 1. The molecule has 0 atom stereocenters. The summed E-state index contributed by atoms with van der Waals surface area (Å²) in [4.78, 5) is 27.8. The largest absolute Gasteiger partial charge is 0.417 e. The molecule has 1 amide bonds. The molecule has 0 aliphatic heterocycles. The van der Waals surface area contributed by atoms with Gasteiger partial charge in [0, 0.05) is 17.4 Å². The number of carbonyl (C=O) groups is 2. The molecule has 2 aromatic heterocycles. The molecule has 9 heteroatoms. The Morgan fingerprint density at radius 1 is 1.11 bits per heavy atom. The molecule has 0 bridgehead atoms. The zero-order valence-corrected chi connectivity index (χ0v) is 14.9. The number of rotatable bonds is 4. The van der Waals surface area contributed by atoms with Crippen molar-refractivity contribution in [2.24, 2.45) is 0 Å². The lowest BCUT2D eigenvalue weighted by molar-refractivity contribution is -0.137. The summed E-state index contributed by atoms with van der Waals surface area (Å²) in [5.74, 6) is -0.437. The highest BCUT2D eigenvalue weighted by molar-refractivity contribution is 6.05. The molecule has 0 unspecified atom stereocenters. The quantitative estimate of drug-likeness (QED) is 0.684. The third kappa shape index (κ3) is 3.93. The van der Waals surface area contributed by atoms with Gasteiger partial charge in [-0.05, 0) is 38.1 Å². The predicted molar refractivity (Wildman–Crippen MR) is 95.5 cm³/mol. The minimum Gasteiger partial charge on any atom is -0.322 e. The summed E-state index contributed by atoms with van der Waals surface area (Å²) in [6.07, 6.45) is -2.47. The SMILES string of the molecule is CC(=O)c1cccc(NC(=O)c2cnn(-c3ccc(C(F)(F)F)cn3)c2C)c1. The number of amides is 1. The Morgan fingerprint density at radius 3 is 2.46 bits per heavy atom. The lowest BCUT2D eigenvalue weighted by Gasteiger charge is -2.09. The molecule has 6 nitrogen and oxygen atoms in total. The highest BCUT2D eigenvalue weighted by Crippen LogP contribution is 2.28. The fraction of sp³-hybridized carbons (Fsp3) is 0.158. The molecular formula is C19H15F3N4O2. The van der Waals surface area contributed by atoms with Gasteiger partial charge in [-0.3, -0.25) is 9.59 Å². The number of aromatic nitrogens is 3. The number of pyridine rings is 1. The summed E-state index contributed by atoms with van der Waals surface area (Å²) < 4.78 is 39.3. The Hall–Kier alpha value is -3.49. The van der Waals surface area contributed by atoms with E-state index in [9.17, 15) is 22.8 Å². The summed E-state index contributed by atoms with van der Waals surface area (Å²) in [5.41, 5.74) is 0.670. The Kier molecular flexibility index (Phi) is 5.00. The molecule has 3 rings (SSSR count). The Balaban J connectivity index is 1.83. The molecule has 28 heavy (non-hydrogen) atoms. The topological polar surface area (TPSA) is 76.9 Å². The smallest absolute Gasteiger partial charge is 0.322 e. The van der Waals surface area contributed by atoms with Gasteiger partial charge in [0.25, 0.3) is 5.91 Å². The number of anilines is 1. The summed E-state index contributed by atoms with van der Waals surface area (Å²) >= 11 is 0. The molecule has 0 saturated carbocycles. The number of nitrogens with one attached hydrogen (secondary N) is 1. The molecule has 0 saturated heterocycles. The van der Waals surface area contributed by atoms with Crippen LogP contribution in [0.2, 0.25) is 0 Å². The zero-order valence-electron chi connectivity index (χ0n) is 14.9. The van der Waals surface area contributed by atoms with E-state index < -0.39 is 17.6 Å². The van der Waals surface area contributed by atoms with E-state index in [4.69, 9.17) is 0 Å². The molecule has 0 radical (unpaired) electrons. The first-order valence-electron chi connectivity index (χ1n) is 8.17. The van der Waals surface area contributed by atoms with E-state index in [1.165, 1.54) is 23.9 Å². The van der Waals surface area contributed by atoms with Crippen LogP contribution in [0.4, 0.5) is 18.9 Å². The van der Waals surface area contributed by atoms with Crippen LogP contribution in [0.3, 0.4) is 0 Å². The minimum atomic E-state index is -4.48.